The van der Waals surface area contributed by atoms with Crippen molar-refractivity contribution in [3.8, 4) is 0 Å². The zero-order valence-electron chi connectivity index (χ0n) is 13.1. The molecular weight excluding hydrogens is 392 g/mol. The first kappa shape index (κ1) is 17.3. The van der Waals surface area contributed by atoms with Gasteiger partial charge in [-0.2, -0.15) is 0 Å². The molecule has 2 aromatic rings. The standard InChI is InChI=1S/C18H18BrClN2O2/c19-14-5-6-17(22-7-9-24-10-8-22)16(12-14)21-18(23)11-13-3-1-2-4-15(13)20/h1-6,12H,7-11H2,(H,21,23). The number of nitrogens with zero attached hydrogens (tertiary/aromatic N) is 1. The fraction of sp³-hybridized carbons (Fsp3) is 0.278. The molecule has 3 rings (SSSR count). The highest BCUT2D eigenvalue weighted by Gasteiger charge is 2.17. The maximum atomic E-state index is 12.5. The number of ether oxygens (including phenoxy) is 1. The lowest BCUT2D eigenvalue weighted by molar-refractivity contribution is -0.115. The molecule has 1 fully saturated rings. The SMILES string of the molecule is O=C(Cc1ccccc1Cl)Nc1cc(Br)ccc1N1CCOCC1. The summed E-state index contributed by atoms with van der Waals surface area (Å²) < 4.78 is 6.33. The largest absolute Gasteiger partial charge is 0.378 e. The van der Waals surface area contributed by atoms with Crippen LogP contribution in [0.25, 0.3) is 0 Å². The molecule has 1 aliphatic heterocycles. The molecule has 0 aromatic heterocycles. The Morgan fingerprint density at radius 3 is 2.71 bits per heavy atom. The predicted octanol–water partition coefficient (Wildman–Crippen LogP) is 4.12. The monoisotopic (exact) mass is 408 g/mol. The second-order valence-electron chi connectivity index (χ2n) is 5.58. The van der Waals surface area contributed by atoms with Gasteiger partial charge >= 0.3 is 0 Å². The summed E-state index contributed by atoms with van der Waals surface area (Å²) in [7, 11) is 0. The average Bonchev–Trinajstić information content (AvgIpc) is 2.58. The minimum Gasteiger partial charge on any atom is -0.378 e. The number of morpholine rings is 1. The van der Waals surface area contributed by atoms with Gasteiger partial charge in [0.1, 0.15) is 0 Å². The quantitative estimate of drug-likeness (QED) is 0.826. The molecule has 0 bridgehead atoms. The summed E-state index contributed by atoms with van der Waals surface area (Å²) in [5, 5.41) is 3.62. The van der Waals surface area contributed by atoms with E-state index >= 15 is 0 Å². The molecule has 1 aliphatic rings. The summed E-state index contributed by atoms with van der Waals surface area (Å²) in [6.07, 6.45) is 0.245. The molecule has 6 heteroatoms. The maximum Gasteiger partial charge on any atom is 0.228 e. The van der Waals surface area contributed by atoms with Crippen molar-refractivity contribution in [2.75, 3.05) is 36.5 Å². The molecule has 4 nitrogen and oxygen atoms in total. The Kier molecular flexibility index (Phi) is 5.76. The summed E-state index contributed by atoms with van der Waals surface area (Å²) in [4.78, 5) is 14.7. The third-order valence-electron chi connectivity index (χ3n) is 3.89. The molecule has 0 radical (unpaired) electrons. The van der Waals surface area contributed by atoms with Crippen LogP contribution in [0.2, 0.25) is 5.02 Å². The number of nitrogens with one attached hydrogen (secondary N) is 1. The molecule has 126 valence electrons. The molecule has 0 unspecified atom stereocenters. The zero-order chi connectivity index (χ0) is 16.9. The van der Waals surface area contributed by atoms with E-state index in [0.717, 1.165) is 34.5 Å². The zero-order valence-corrected chi connectivity index (χ0v) is 15.4. The maximum absolute atomic E-state index is 12.5. The molecule has 0 saturated carbocycles. The summed E-state index contributed by atoms with van der Waals surface area (Å²) >= 11 is 9.61. The molecule has 0 atom stereocenters. The number of anilines is 2. The number of hydrogen-bond acceptors (Lipinski definition) is 3. The van der Waals surface area contributed by atoms with E-state index in [1.807, 2.05) is 36.4 Å². The van der Waals surface area contributed by atoms with Crippen molar-refractivity contribution in [3.63, 3.8) is 0 Å². The Labute approximate surface area is 154 Å². The lowest BCUT2D eigenvalue weighted by Crippen LogP contribution is -2.36. The second kappa shape index (κ2) is 8.01. The van der Waals surface area contributed by atoms with Crippen molar-refractivity contribution in [2.45, 2.75) is 6.42 Å². The molecule has 1 N–H and O–H groups in total. The van der Waals surface area contributed by atoms with Gasteiger partial charge in [0.05, 0.1) is 31.0 Å². The minimum absolute atomic E-state index is 0.0873. The highest BCUT2D eigenvalue weighted by molar-refractivity contribution is 9.10. The van der Waals surface area contributed by atoms with Gasteiger partial charge in [-0.3, -0.25) is 4.79 Å². The Morgan fingerprint density at radius 1 is 1.21 bits per heavy atom. The Morgan fingerprint density at radius 2 is 1.96 bits per heavy atom. The first-order chi connectivity index (χ1) is 11.6. The number of benzene rings is 2. The van der Waals surface area contributed by atoms with Crippen molar-refractivity contribution >= 4 is 44.8 Å². The van der Waals surface area contributed by atoms with Crippen molar-refractivity contribution in [3.05, 3.63) is 57.5 Å². The Bertz CT molecular complexity index is 733. The van der Waals surface area contributed by atoms with Crippen LogP contribution in [-0.4, -0.2) is 32.2 Å². The van der Waals surface area contributed by atoms with E-state index in [-0.39, 0.29) is 12.3 Å². The smallest absolute Gasteiger partial charge is 0.228 e. The summed E-state index contributed by atoms with van der Waals surface area (Å²) in [5.41, 5.74) is 2.62. The number of carbonyl (C=O) groups excluding carboxylic acids is 1. The number of carbonyl (C=O) groups is 1. The predicted molar refractivity (Wildman–Crippen MR) is 101 cm³/mol. The second-order valence-corrected chi connectivity index (χ2v) is 6.90. The Hall–Kier alpha value is -1.56. The molecule has 24 heavy (non-hydrogen) atoms. The van der Waals surface area contributed by atoms with Crippen LogP contribution in [0.1, 0.15) is 5.56 Å². The summed E-state index contributed by atoms with van der Waals surface area (Å²) in [6, 6.07) is 13.3. The fourth-order valence-corrected chi connectivity index (χ4v) is 3.26. The van der Waals surface area contributed by atoms with Crippen molar-refractivity contribution in [1.29, 1.82) is 0 Å². The minimum atomic E-state index is -0.0873. The van der Waals surface area contributed by atoms with Crippen molar-refractivity contribution in [1.82, 2.24) is 0 Å². The van der Waals surface area contributed by atoms with Gasteiger partial charge in [0.2, 0.25) is 5.91 Å². The number of halogens is 2. The van der Waals surface area contributed by atoms with Gasteiger partial charge in [-0.15, -0.1) is 0 Å². The van der Waals surface area contributed by atoms with Crippen LogP contribution in [0.15, 0.2) is 46.9 Å². The molecule has 1 amide bonds. The van der Waals surface area contributed by atoms with E-state index in [1.54, 1.807) is 6.07 Å². The van der Waals surface area contributed by atoms with Crippen LogP contribution in [0.5, 0.6) is 0 Å². The molecule has 1 heterocycles. The van der Waals surface area contributed by atoms with Gasteiger partial charge in [0, 0.05) is 22.6 Å². The number of hydrogen-bond donors (Lipinski definition) is 1. The van der Waals surface area contributed by atoms with Crippen LogP contribution in [0.4, 0.5) is 11.4 Å². The first-order valence-corrected chi connectivity index (χ1v) is 8.96. The van der Waals surface area contributed by atoms with Crippen LogP contribution < -0.4 is 10.2 Å². The summed E-state index contributed by atoms with van der Waals surface area (Å²) in [5.74, 6) is -0.0873. The number of rotatable bonds is 4. The fourth-order valence-electron chi connectivity index (χ4n) is 2.70. The van der Waals surface area contributed by atoms with Gasteiger partial charge in [-0.1, -0.05) is 45.7 Å². The summed E-state index contributed by atoms with van der Waals surface area (Å²) in [6.45, 7) is 3.02. The Balaban J connectivity index is 1.77. The normalized spacial score (nSPS) is 14.5. The van der Waals surface area contributed by atoms with E-state index in [2.05, 4.69) is 26.1 Å². The van der Waals surface area contributed by atoms with E-state index in [1.165, 1.54) is 0 Å². The topological polar surface area (TPSA) is 41.6 Å². The lowest BCUT2D eigenvalue weighted by atomic mass is 10.1. The molecule has 2 aromatic carbocycles. The van der Waals surface area contributed by atoms with Gasteiger partial charge in [-0.25, -0.2) is 0 Å². The highest BCUT2D eigenvalue weighted by Crippen LogP contribution is 2.30. The average molecular weight is 410 g/mol. The first-order valence-electron chi connectivity index (χ1n) is 7.79. The highest BCUT2D eigenvalue weighted by atomic mass is 79.9. The van der Waals surface area contributed by atoms with Crippen molar-refractivity contribution in [2.24, 2.45) is 0 Å². The van der Waals surface area contributed by atoms with E-state index < -0.39 is 0 Å². The van der Waals surface area contributed by atoms with Gasteiger partial charge in [-0.05, 0) is 29.8 Å². The molecule has 0 aliphatic carbocycles. The van der Waals surface area contributed by atoms with Crippen LogP contribution in [-0.2, 0) is 16.0 Å². The lowest BCUT2D eigenvalue weighted by Gasteiger charge is -2.30. The van der Waals surface area contributed by atoms with Crippen LogP contribution in [0, 0.1) is 0 Å². The van der Waals surface area contributed by atoms with Crippen LogP contribution in [0.3, 0.4) is 0 Å². The van der Waals surface area contributed by atoms with E-state index in [4.69, 9.17) is 16.3 Å². The van der Waals surface area contributed by atoms with Gasteiger partial charge in [0.25, 0.3) is 0 Å². The van der Waals surface area contributed by atoms with Crippen LogP contribution >= 0.6 is 27.5 Å². The molecule has 0 spiro atoms. The number of amides is 1. The van der Waals surface area contributed by atoms with E-state index in [0.29, 0.717) is 18.2 Å². The van der Waals surface area contributed by atoms with Gasteiger partial charge in [0.15, 0.2) is 0 Å². The van der Waals surface area contributed by atoms with Crippen molar-refractivity contribution < 1.29 is 9.53 Å². The third-order valence-corrected chi connectivity index (χ3v) is 4.76. The van der Waals surface area contributed by atoms with E-state index in [9.17, 15) is 4.79 Å². The molecule has 1 saturated heterocycles. The third kappa shape index (κ3) is 4.29. The molecular formula is C18H18BrClN2O2. The van der Waals surface area contributed by atoms with Gasteiger partial charge < -0.3 is 15.0 Å².